The summed E-state index contributed by atoms with van der Waals surface area (Å²) in [6, 6.07) is 21.3. The van der Waals surface area contributed by atoms with Gasteiger partial charge in [0.2, 0.25) is 0 Å². The Hall–Kier alpha value is -2.69. The van der Waals surface area contributed by atoms with Gasteiger partial charge in [0.25, 0.3) is 10.1 Å². The van der Waals surface area contributed by atoms with Crippen LogP contribution in [-0.4, -0.2) is 13.0 Å². The molecule has 0 aliphatic rings. The molecule has 3 nitrogen and oxygen atoms in total. The highest BCUT2D eigenvalue weighted by molar-refractivity contribution is 7.85. The van der Waals surface area contributed by atoms with E-state index in [-0.39, 0.29) is 4.90 Å². The van der Waals surface area contributed by atoms with Gasteiger partial charge in [-0.15, -0.1) is 0 Å². The number of hydrogen-bond acceptors (Lipinski definition) is 2. The minimum atomic E-state index is -4.22. The van der Waals surface area contributed by atoms with Gasteiger partial charge in [-0.3, -0.25) is 4.55 Å². The van der Waals surface area contributed by atoms with Crippen molar-refractivity contribution in [3.8, 4) is 0 Å². The predicted octanol–water partition coefficient (Wildman–Crippen LogP) is 4.98. The molecular formula is C20H12O3S. The molecule has 0 atom stereocenters. The van der Waals surface area contributed by atoms with Crippen LogP contribution in [0.1, 0.15) is 0 Å². The van der Waals surface area contributed by atoms with E-state index in [1.54, 1.807) is 12.1 Å². The smallest absolute Gasteiger partial charge is 0.282 e. The average Bonchev–Trinajstić information content (AvgIpc) is 2.58. The van der Waals surface area contributed by atoms with Gasteiger partial charge in [0, 0.05) is 0 Å². The standard InChI is InChI=1S/C20H12O3S/c21-24(22,23)16-8-6-14-10-15-5-4-12-2-1-3-13-7-9-17(18(14)11-16)20(15)19(12)13/h1-11H,(H,21,22,23). The lowest BCUT2D eigenvalue weighted by molar-refractivity contribution is 0.483. The fraction of sp³-hybridized carbons (Fsp3) is 0. The summed E-state index contributed by atoms with van der Waals surface area (Å²) < 4.78 is 32.4. The minimum absolute atomic E-state index is 0.0787. The van der Waals surface area contributed by atoms with E-state index in [1.165, 1.54) is 11.5 Å². The van der Waals surface area contributed by atoms with Crippen LogP contribution in [0.5, 0.6) is 0 Å². The average molecular weight is 332 g/mol. The summed E-state index contributed by atoms with van der Waals surface area (Å²) >= 11 is 0. The van der Waals surface area contributed by atoms with Gasteiger partial charge in [0.1, 0.15) is 0 Å². The molecule has 5 rings (SSSR count). The zero-order valence-corrected chi connectivity index (χ0v) is 13.3. The lowest BCUT2D eigenvalue weighted by atomic mass is 9.91. The summed E-state index contributed by atoms with van der Waals surface area (Å²) in [6.45, 7) is 0. The molecule has 0 radical (unpaired) electrons. The fourth-order valence-corrected chi connectivity index (χ4v) is 4.18. The number of hydrogen-bond donors (Lipinski definition) is 1. The molecule has 0 heterocycles. The first-order valence-electron chi connectivity index (χ1n) is 7.60. The Labute approximate surface area is 138 Å². The number of fused-ring (bicyclic) bond motifs is 2. The fourth-order valence-electron chi connectivity index (χ4n) is 3.68. The predicted molar refractivity (Wildman–Crippen MR) is 97.5 cm³/mol. The van der Waals surface area contributed by atoms with Crippen LogP contribution in [0, 0.1) is 0 Å². The third-order valence-electron chi connectivity index (χ3n) is 4.73. The van der Waals surface area contributed by atoms with Crippen molar-refractivity contribution in [1.29, 1.82) is 0 Å². The first kappa shape index (κ1) is 13.7. The van der Waals surface area contributed by atoms with E-state index in [2.05, 4.69) is 36.4 Å². The first-order chi connectivity index (χ1) is 11.5. The Morgan fingerprint density at radius 2 is 1.29 bits per heavy atom. The van der Waals surface area contributed by atoms with Gasteiger partial charge in [-0.2, -0.15) is 8.42 Å². The van der Waals surface area contributed by atoms with E-state index < -0.39 is 10.1 Å². The molecule has 4 heteroatoms. The van der Waals surface area contributed by atoms with Crippen molar-refractivity contribution in [2.45, 2.75) is 4.90 Å². The van der Waals surface area contributed by atoms with Gasteiger partial charge in [0.15, 0.2) is 0 Å². The molecule has 0 bridgehead atoms. The maximum Gasteiger partial charge on any atom is 0.294 e. The van der Waals surface area contributed by atoms with Gasteiger partial charge < -0.3 is 0 Å². The highest BCUT2D eigenvalue weighted by atomic mass is 32.2. The van der Waals surface area contributed by atoms with Crippen LogP contribution in [0.2, 0.25) is 0 Å². The molecule has 0 aromatic heterocycles. The Kier molecular flexibility index (Phi) is 2.54. The normalized spacial score (nSPS) is 12.7. The summed E-state index contributed by atoms with van der Waals surface area (Å²) in [6.07, 6.45) is 0. The monoisotopic (exact) mass is 332 g/mol. The third kappa shape index (κ3) is 1.78. The van der Waals surface area contributed by atoms with E-state index in [9.17, 15) is 13.0 Å². The van der Waals surface area contributed by atoms with Crippen molar-refractivity contribution in [3.05, 3.63) is 66.7 Å². The molecule has 0 saturated carbocycles. The van der Waals surface area contributed by atoms with Crippen LogP contribution < -0.4 is 0 Å². The molecule has 5 aromatic carbocycles. The van der Waals surface area contributed by atoms with E-state index in [0.717, 1.165) is 37.7 Å². The molecule has 0 aliphatic heterocycles. The summed E-state index contributed by atoms with van der Waals surface area (Å²) in [4.78, 5) is -0.0787. The van der Waals surface area contributed by atoms with Crippen molar-refractivity contribution < 1.29 is 13.0 Å². The van der Waals surface area contributed by atoms with E-state index in [1.807, 2.05) is 12.1 Å². The summed E-state index contributed by atoms with van der Waals surface area (Å²) in [5, 5.41) is 8.55. The molecule has 24 heavy (non-hydrogen) atoms. The summed E-state index contributed by atoms with van der Waals surface area (Å²) in [7, 11) is -4.22. The maximum atomic E-state index is 11.5. The molecule has 0 fully saturated rings. The van der Waals surface area contributed by atoms with Crippen molar-refractivity contribution in [2.75, 3.05) is 0 Å². The molecule has 0 amide bonds. The van der Waals surface area contributed by atoms with Crippen LogP contribution in [0.3, 0.4) is 0 Å². The van der Waals surface area contributed by atoms with Crippen molar-refractivity contribution in [2.24, 2.45) is 0 Å². The molecule has 116 valence electrons. The molecule has 0 saturated heterocycles. The molecule has 5 aromatic rings. The van der Waals surface area contributed by atoms with Crippen LogP contribution in [-0.2, 0) is 10.1 Å². The second-order valence-corrected chi connectivity index (χ2v) is 7.51. The largest absolute Gasteiger partial charge is 0.294 e. The SMILES string of the molecule is O=S(=O)(O)c1ccc2cc3ccc4cccc5ccc(c2c1)c3c45. The molecule has 0 unspecified atom stereocenters. The van der Waals surface area contributed by atoms with Gasteiger partial charge in [0.05, 0.1) is 4.90 Å². The van der Waals surface area contributed by atoms with Crippen LogP contribution in [0.25, 0.3) is 43.1 Å². The zero-order chi connectivity index (χ0) is 16.5. The van der Waals surface area contributed by atoms with Gasteiger partial charge in [-0.05, 0) is 61.3 Å². The maximum absolute atomic E-state index is 11.5. The highest BCUT2D eigenvalue weighted by Crippen LogP contribution is 2.38. The highest BCUT2D eigenvalue weighted by Gasteiger charge is 2.14. The first-order valence-corrected chi connectivity index (χ1v) is 9.04. The lowest BCUT2D eigenvalue weighted by Gasteiger charge is -2.13. The minimum Gasteiger partial charge on any atom is -0.282 e. The second kappa shape index (κ2) is 4.44. The topological polar surface area (TPSA) is 54.4 Å². The van der Waals surface area contributed by atoms with Crippen LogP contribution in [0.15, 0.2) is 71.6 Å². The van der Waals surface area contributed by atoms with E-state index in [4.69, 9.17) is 0 Å². The van der Waals surface area contributed by atoms with Crippen molar-refractivity contribution in [3.63, 3.8) is 0 Å². The van der Waals surface area contributed by atoms with Gasteiger partial charge in [-0.25, -0.2) is 0 Å². The Morgan fingerprint density at radius 3 is 2.04 bits per heavy atom. The molecule has 0 spiro atoms. The van der Waals surface area contributed by atoms with Crippen molar-refractivity contribution >= 4 is 53.2 Å². The Balaban J connectivity index is 2.08. The van der Waals surface area contributed by atoms with Crippen LogP contribution in [0.4, 0.5) is 0 Å². The Bertz CT molecular complexity index is 1350. The van der Waals surface area contributed by atoms with E-state index in [0.29, 0.717) is 0 Å². The van der Waals surface area contributed by atoms with Crippen LogP contribution >= 0.6 is 0 Å². The van der Waals surface area contributed by atoms with E-state index >= 15 is 0 Å². The summed E-state index contributed by atoms with van der Waals surface area (Å²) in [5.74, 6) is 0. The number of benzene rings is 5. The van der Waals surface area contributed by atoms with Gasteiger partial charge >= 0.3 is 0 Å². The third-order valence-corrected chi connectivity index (χ3v) is 5.58. The molecule has 1 N–H and O–H groups in total. The zero-order valence-electron chi connectivity index (χ0n) is 12.5. The Morgan fingerprint density at radius 1 is 0.625 bits per heavy atom. The van der Waals surface area contributed by atoms with Crippen molar-refractivity contribution in [1.82, 2.24) is 0 Å². The molecule has 0 aliphatic carbocycles. The number of rotatable bonds is 1. The lowest BCUT2D eigenvalue weighted by Crippen LogP contribution is -1.97. The molecular weight excluding hydrogens is 320 g/mol. The summed E-state index contributed by atoms with van der Waals surface area (Å²) in [5.41, 5.74) is 0. The second-order valence-electron chi connectivity index (χ2n) is 6.09. The van der Waals surface area contributed by atoms with Gasteiger partial charge in [-0.1, -0.05) is 48.5 Å². The quantitative estimate of drug-likeness (QED) is 0.267.